The SMILES string of the molecule is CC(=O)N[C@@H](CCCCN)C(=O)NC(C(=O)N[C@@H](CCCNC(N)=O)C(=O)Nc1ccc(COC(=O)N(C)CCN(C)C(=O)Oc2cc3c(c4c(C)c[nH]c24)[C@H](CCl)CN3C(=O)C23C4C5C2C2C3C4C52C(=O)N2C[C@@H](CCl)c3c2cc(OP(=O)(O)O)c2[nH]cc(C)c32)cc1)C(C)C. The first-order valence-electron chi connectivity index (χ1n) is 32.8. The normalized spacial score (nSPS) is 24.8. The van der Waals surface area contributed by atoms with E-state index in [1.54, 1.807) is 55.3 Å². The number of rotatable bonds is 28. The molecule has 97 heavy (non-hydrogen) atoms. The predicted molar refractivity (Wildman–Crippen MR) is 359 cm³/mol. The number of carbonyl (C=O) groups is 9. The monoisotopic (exact) mass is 1400 g/mol. The molecule has 28 nitrogen and oxygen atoms in total. The Morgan fingerprint density at radius 2 is 1.22 bits per heavy atom. The summed E-state index contributed by atoms with van der Waals surface area (Å²) in [6, 6.07) is 5.84. The molecule has 3 aromatic carbocycles. The van der Waals surface area contributed by atoms with Crippen molar-refractivity contribution in [3.63, 3.8) is 0 Å². The number of urea groups is 1. The first-order valence-corrected chi connectivity index (χ1v) is 35.4. The number of carbonyl (C=O) groups excluding carboxylic acids is 9. The Labute approximate surface area is 568 Å². The van der Waals surface area contributed by atoms with Crippen LogP contribution in [0.2, 0.25) is 0 Å². The number of hydrogen-bond acceptors (Lipinski definition) is 14. The number of phosphoric acid groups is 1. The number of aromatic nitrogens is 2. The number of ether oxygens (including phenoxy) is 2. The molecule has 1 unspecified atom stereocenters. The third-order valence-electron chi connectivity index (χ3n) is 21.6. The van der Waals surface area contributed by atoms with Gasteiger partial charge in [0.25, 0.3) is 0 Å². The van der Waals surface area contributed by atoms with Crippen molar-refractivity contribution in [1.29, 1.82) is 0 Å². The maximum Gasteiger partial charge on any atom is 0.524 e. The number of fused-ring (bicyclic) bond motifs is 6. The van der Waals surface area contributed by atoms with Gasteiger partial charge in [-0.2, -0.15) is 0 Å². The van der Waals surface area contributed by atoms with Gasteiger partial charge in [0.05, 0.1) is 33.2 Å². The summed E-state index contributed by atoms with van der Waals surface area (Å²) >= 11 is 13.3. The molecule has 0 saturated heterocycles. The van der Waals surface area contributed by atoms with Gasteiger partial charge < -0.3 is 81.6 Å². The van der Waals surface area contributed by atoms with Gasteiger partial charge in [0.15, 0.2) is 11.5 Å². The van der Waals surface area contributed by atoms with Crippen molar-refractivity contribution < 1.29 is 71.5 Å². The van der Waals surface area contributed by atoms with Gasteiger partial charge in [0.1, 0.15) is 24.7 Å². The molecule has 0 spiro atoms. The second kappa shape index (κ2) is 26.3. The first-order chi connectivity index (χ1) is 46.1. The fourth-order valence-electron chi connectivity index (χ4n) is 17.5. The van der Waals surface area contributed by atoms with Crippen LogP contribution in [0, 0.1) is 66.1 Å². The summed E-state index contributed by atoms with van der Waals surface area (Å²) in [4.78, 5) is 154. The number of primary amides is 1. The molecule has 6 aliphatic carbocycles. The number of amides is 10. The molecule has 10 amide bonds. The number of benzene rings is 3. The van der Waals surface area contributed by atoms with Crippen LogP contribution < -0.4 is 57.1 Å². The zero-order valence-electron chi connectivity index (χ0n) is 54.8. The van der Waals surface area contributed by atoms with E-state index in [2.05, 4.69) is 36.6 Å². The zero-order valence-corrected chi connectivity index (χ0v) is 57.2. The first kappa shape index (κ1) is 68.8. The fourth-order valence-corrected chi connectivity index (χ4v) is 18.4. The number of phosphoric ester groups is 1. The number of alkyl halides is 2. The number of anilines is 3. The van der Waals surface area contributed by atoms with Crippen LogP contribution in [0.5, 0.6) is 11.5 Å². The van der Waals surface area contributed by atoms with Crippen LogP contribution in [0.3, 0.4) is 0 Å². The number of nitrogens with two attached hydrogens (primary N) is 2. The van der Waals surface area contributed by atoms with Crippen molar-refractivity contribution >= 4 is 124 Å². The van der Waals surface area contributed by atoms with E-state index in [0.717, 1.165) is 33.0 Å². The number of aryl methyl sites for hydroxylation is 2. The molecule has 13 N–H and O–H groups in total. The van der Waals surface area contributed by atoms with E-state index < -0.39 is 84.5 Å². The highest BCUT2D eigenvalue weighted by Crippen LogP contribution is 3.10. The lowest BCUT2D eigenvalue weighted by molar-refractivity contribution is -0.623. The molecule has 4 heterocycles. The number of unbranched alkanes of at least 4 members (excludes halogenated alkanes) is 1. The van der Waals surface area contributed by atoms with Gasteiger partial charge in [-0.3, -0.25) is 38.6 Å². The Hall–Kier alpha value is -8.14. The van der Waals surface area contributed by atoms with Crippen LogP contribution in [0.25, 0.3) is 21.8 Å². The fraction of sp³-hybridized carbons (Fsp3) is 0.530. The molecule has 0 radical (unpaired) electrons. The number of H-pyrrole nitrogens is 2. The van der Waals surface area contributed by atoms with Crippen LogP contribution in [0.15, 0.2) is 48.8 Å². The lowest BCUT2D eigenvalue weighted by Gasteiger charge is -3.09. The Morgan fingerprint density at radius 3 is 1.71 bits per heavy atom. The van der Waals surface area contributed by atoms with Crippen molar-refractivity contribution in [2.75, 3.05) is 80.2 Å². The molecule has 6 saturated carbocycles. The van der Waals surface area contributed by atoms with Crippen molar-refractivity contribution in [2.45, 2.75) is 103 Å². The largest absolute Gasteiger partial charge is 0.524 e. The molecule has 5 aromatic rings. The molecule has 31 heteroatoms. The summed E-state index contributed by atoms with van der Waals surface area (Å²) in [7, 11) is -1.92. The third kappa shape index (κ3) is 11.4. The Kier molecular flexibility index (Phi) is 18.6. The Bertz CT molecular complexity index is 4050. The highest BCUT2D eigenvalue weighted by Gasteiger charge is 3.13. The second-order valence-corrected chi connectivity index (χ2v) is 29.2. The minimum absolute atomic E-state index is 0.00675. The van der Waals surface area contributed by atoms with Crippen molar-refractivity contribution in [2.24, 2.45) is 63.7 Å². The minimum atomic E-state index is -4.97. The number of likely N-dealkylation sites (N-methyl/N-ethyl adjacent to an activating group) is 2. The van der Waals surface area contributed by atoms with Gasteiger partial charge in [-0.05, 0) is 134 Å². The predicted octanol–water partition coefficient (Wildman–Crippen LogP) is 5.86. The molecule has 13 rings (SSSR count). The van der Waals surface area contributed by atoms with Crippen LogP contribution in [-0.4, -0.2) is 166 Å². The number of halogens is 2. The highest BCUT2D eigenvalue weighted by atomic mass is 35.5. The number of nitrogens with one attached hydrogen (secondary N) is 7. The standard InChI is InChI=1S/C66H82Cl2N13O15P/c1-30(2)54(77-58(84)38(74-33(5)82)11-8-9-17-69)59(85)76-39(12-10-18-71-62(70)88)57(83)75-37-15-13-34(14-16-37)29-94-63(89)78(6)19-20-79(7)64(90)95-42-21-40-46(44-31(3)25-72-55(42)44)35(23-67)27-80(40)60(86)65-48-51-49(65)53-50(65)52(48)66(51,53)61(87)81-28-36(24-68)47-41(81)22-43(96-97(91,92)93)56-45(47)32(4)26-73-56/h13-16,21-22,25-26,30,35-36,38-39,48-54,72-73H,8-12,17-20,23-24,27-29,69H2,1-7H3,(H,74,82)(H,75,83)(H,76,85)(H,77,84)(H3,70,71,88)(H2,91,92,93)/t35-,36-,38+,39+,48?,49?,50?,51?,52?,53?,54?,65?,66?/m1/s1. The van der Waals surface area contributed by atoms with E-state index in [1.165, 1.54) is 36.9 Å². The van der Waals surface area contributed by atoms with Crippen molar-refractivity contribution in [3.05, 3.63) is 76.6 Å². The smallest absolute Gasteiger partial charge is 0.445 e. The van der Waals surface area contributed by atoms with E-state index in [0.29, 0.717) is 72.6 Å². The highest BCUT2D eigenvalue weighted by molar-refractivity contribution is 7.46. The average molecular weight is 1400 g/mol. The van der Waals surface area contributed by atoms with Gasteiger partial charge in [-0.15, -0.1) is 23.2 Å². The van der Waals surface area contributed by atoms with Crippen molar-refractivity contribution in [1.82, 2.24) is 41.0 Å². The summed E-state index contributed by atoms with van der Waals surface area (Å²) in [5.74, 6) is -2.41. The number of aromatic amines is 2. The van der Waals surface area contributed by atoms with Gasteiger partial charge in [0, 0.05) is 118 Å². The summed E-state index contributed by atoms with van der Waals surface area (Å²) in [5.41, 5.74) is 16.1. The topological polar surface area (TPSA) is 396 Å². The molecule has 6 fully saturated rings. The number of nitrogens with zero attached hydrogens (tertiary/aromatic N) is 4. The molecular formula is C66H82Cl2N13O15P. The average Bonchev–Trinajstić information content (AvgIpc) is 0.620. The van der Waals surface area contributed by atoms with Gasteiger partial charge in [-0.1, -0.05) is 26.0 Å². The molecular weight excluding hydrogens is 1320 g/mol. The third-order valence-corrected chi connectivity index (χ3v) is 22.8. The van der Waals surface area contributed by atoms with Crippen LogP contribution in [0.4, 0.5) is 31.4 Å². The molecule has 2 aromatic heterocycles. The quantitative estimate of drug-likeness (QED) is 0.0159. The lowest BCUT2D eigenvalue weighted by atomic mass is 8.92. The molecule has 520 valence electrons. The molecule has 5 atom stereocenters. The molecule has 8 aliphatic rings. The summed E-state index contributed by atoms with van der Waals surface area (Å²) in [5, 5.41) is 14.9. The van der Waals surface area contributed by atoms with Crippen LogP contribution >= 0.6 is 31.0 Å². The summed E-state index contributed by atoms with van der Waals surface area (Å²) in [6.45, 7) is 9.65. The maximum atomic E-state index is 15.4. The van der Waals surface area contributed by atoms with Gasteiger partial charge in [0.2, 0.25) is 35.4 Å². The van der Waals surface area contributed by atoms with Crippen LogP contribution in [-0.2, 0) is 44.7 Å². The Balaban J connectivity index is 0.649. The number of hydrogen-bond donors (Lipinski definition) is 11. The lowest BCUT2D eigenvalue weighted by Crippen LogP contribution is -3.12. The van der Waals surface area contributed by atoms with E-state index >= 15 is 9.59 Å². The van der Waals surface area contributed by atoms with E-state index in [1.807, 2.05) is 24.9 Å². The van der Waals surface area contributed by atoms with E-state index in [-0.39, 0.29) is 121 Å². The zero-order chi connectivity index (χ0) is 69.6. The summed E-state index contributed by atoms with van der Waals surface area (Å²) in [6.07, 6.45) is 3.97. The van der Waals surface area contributed by atoms with Gasteiger partial charge >= 0.3 is 26.0 Å². The van der Waals surface area contributed by atoms with Crippen molar-refractivity contribution in [3.8, 4) is 11.5 Å². The summed E-state index contributed by atoms with van der Waals surface area (Å²) < 4.78 is 29.1. The second-order valence-electron chi connectivity index (χ2n) is 27.4. The molecule has 0 bridgehead atoms. The minimum Gasteiger partial charge on any atom is -0.445 e. The molecule has 2 aliphatic heterocycles. The van der Waals surface area contributed by atoms with E-state index in [9.17, 15) is 47.9 Å². The van der Waals surface area contributed by atoms with Gasteiger partial charge in [-0.25, -0.2) is 18.9 Å². The van der Waals surface area contributed by atoms with E-state index in [4.69, 9.17) is 48.7 Å². The maximum absolute atomic E-state index is 15.4. The Morgan fingerprint density at radius 1 is 0.711 bits per heavy atom. The van der Waals surface area contributed by atoms with Crippen LogP contribution in [0.1, 0.15) is 92.5 Å².